The number of carbonyl (C=O) groups excluding carboxylic acids is 14. The van der Waals surface area contributed by atoms with E-state index < -0.39 is 216 Å². The molecule has 0 saturated carbocycles. The molecule has 2 aliphatic heterocycles. The molecular formula is C92H124N8O31S5. The lowest BCUT2D eigenvalue weighted by Crippen LogP contribution is -2.56. The van der Waals surface area contributed by atoms with E-state index in [-0.39, 0.29) is 174 Å². The monoisotopic (exact) mass is 2000 g/mol. The molecule has 44 heteroatoms. The van der Waals surface area contributed by atoms with Crippen molar-refractivity contribution >= 4 is 149 Å². The topological polar surface area (TPSA) is 588 Å². The summed E-state index contributed by atoms with van der Waals surface area (Å²) in [6, 6.07) is 7.63. The van der Waals surface area contributed by atoms with Crippen molar-refractivity contribution in [2.45, 2.75) is 225 Å². The zero-order valence-corrected chi connectivity index (χ0v) is 81.8. The number of aromatic nitrogens is 1. The van der Waals surface area contributed by atoms with Crippen LogP contribution in [0.4, 0.5) is 9.59 Å². The summed E-state index contributed by atoms with van der Waals surface area (Å²) in [4.78, 5) is 221. The summed E-state index contributed by atoms with van der Waals surface area (Å²) in [7, 11) is 7.73. The number of hydrogen-bond acceptors (Lipinski definition) is 36. The van der Waals surface area contributed by atoms with Gasteiger partial charge in [-0.25, -0.2) is 20.0 Å². The number of benzene rings is 3. The highest BCUT2D eigenvalue weighted by Gasteiger charge is 2.54. The summed E-state index contributed by atoms with van der Waals surface area (Å²) in [5.74, 6) is -16.9. The predicted octanol–water partition coefficient (Wildman–Crippen LogP) is 7.97. The van der Waals surface area contributed by atoms with Crippen molar-refractivity contribution in [1.82, 2.24) is 42.0 Å². The van der Waals surface area contributed by atoms with Crippen LogP contribution in [0.3, 0.4) is 0 Å². The second kappa shape index (κ2) is 53.3. The lowest BCUT2D eigenvalue weighted by molar-refractivity contribution is -0.253. The molecule has 2 saturated heterocycles. The number of aliphatic carboxylic acids is 2. The Bertz CT molecular complexity index is 4910. The van der Waals surface area contributed by atoms with Crippen molar-refractivity contribution < 1.29 is 151 Å². The fourth-order valence-corrected chi connectivity index (χ4v) is 21.5. The quantitative estimate of drug-likeness (QED) is 0.00576. The number of ketones is 6. The van der Waals surface area contributed by atoms with Crippen molar-refractivity contribution in [3.8, 4) is 17.2 Å². The first-order valence-electron chi connectivity index (χ1n) is 45.1. The van der Waals surface area contributed by atoms with E-state index in [4.69, 9.17) is 33.2 Å². The number of aliphatic hydroxyl groups is 4. The predicted molar refractivity (Wildman–Crippen MR) is 499 cm³/mol. The molecule has 3 heterocycles. The zero-order chi connectivity index (χ0) is 100. The molecule has 14 N–H and O–H groups in total. The van der Waals surface area contributed by atoms with Crippen molar-refractivity contribution in [2.75, 3.05) is 76.7 Å². The van der Waals surface area contributed by atoms with Crippen molar-refractivity contribution in [2.24, 2.45) is 47.3 Å². The van der Waals surface area contributed by atoms with Gasteiger partial charge >= 0.3 is 36.1 Å². The minimum Gasteiger partial charge on any atom is -0.508 e. The van der Waals surface area contributed by atoms with E-state index in [9.17, 15) is 113 Å². The Kier molecular flexibility index (Phi) is 43.7. The number of nitrogens with zero attached hydrogens (tertiary/aromatic N) is 2. The number of alkyl carbamates (subject to hydrolysis) is 1. The number of likely N-dealkylation sites (N-methyl/N-ethyl adjacent to an activating group) is 1. The molecule has 4 aromatic rings. The third-order valence-corrected chi connectivity index (χ3v) is 30.2. The van der Waals surface area contributed by atoms with Gasteiger partial charge in [-0.2, -0.15) is 0 Å². The number of aliphatic hydroxyl groups excluding tert-OH is 3. The van der Waals surface area contributed by atoms with Crippen LogP contribution in [0, 0.1) is 47.3 Å². The van der Waals surface area contributed by atoms with Crippen LogP contribution in [0.1, 0.15) is 235 Å². The van der Waals surface area contributed by atoms with Crippen molar-refractivity contribution in [3.63, 3.8) is 0 Å². The molecule has 0 radical (unpaired) electrons. The number of methoxy groups -OCH3 is 1. The molecule has 0 bridgehead atoms. The SMILES string of the molecule is CCCC(=O)OCC(C(=O)[C@@H](CC(=O)[C@H]1CCCCN1C)C(C)CC)[C@H](C[C@@H](OC(C)=O)c1nc(C(=O)N[C@@H](Cc2ccc(O)cc2)C[C@H](C)C(=O)NNC(=O)OCCSSCCC(=O)NC[C@H](C)C(=O)N[C@@H](CC(=O)O)C(=O)C[C@@H](CSSCCOC(=O)NC2CC(O[C@H]3C[C@](O)(C(=O)CO)C(O)c4cc5c(c(O)c43)C(=O)c3c(OC)cccc3C5=O)OC(C)C2O)C(=O)O)cs1)C(C)C. The number of esters is 2. The third-order valence-electron chi connectivity index (χ3n) is 24.5. The Morgan fingerprint density at radius 3 is 2.11 bits per heavy atom. The maximum Gasteiger partial charge on any atom is 0.426 e. The van der Waals surface area contributed by atoms with Crippen molar-refractivity contribution in [3.05, 3.63) is 104 Å². The number of hydrogen-bond donors (Lipinski definition) is 14. The molecule has 136 heavy (non-hydrogen) atoms. The molecule has 7 unspecified atom stereocenters. The molecule has 0 spiro atoms. The van der Waals surface area contributed by atoms with Gasteiger partial charge in [-0.3, -0.25) is 77.4 Å². The molecule has 1 aromatic heterocycles. The Morgan fingerprint density at radius 1 is 0.772 bits per heavy atom. The maximum atomic E-state index is 15.2. The number of carboxylic acids is 2. The van der Waals surface area contributed by atoms with Gasteiger partial charge in [0.05, 0.1) is 72.7 Å². The molecule has 6 amide bonds. The van der Waals surface area contributed by atoms with Gasteiger partial charge in [0, 0.05) is 115 Å². The Labute approximate surface area is 806 Å². The van der Waals surface area contributed by atoms with Crippen LogP contribution < -0.4 is 36.9 Å². The highest BCUT2D eigenvalue weighted by atomic mass is 33.1. The second-order valence-corrected chi connectivity index (χ2v) is 40.9. The highest BCUT2D eigenvalue weighted by Crippen LogP contribution is 2.53. The van der Waals surface area contributed by atoms with Gasteiger partial charge < -0.3 is 95.3 Å². The van der Waals surface area contributed by atoms with E-state index in [1.54, 1.807) is 19.1 Å². The molecule has 39 nitrogen and oxygen atoms in total. The number of fused-ring (bicyclic) bond motifs is 3. The standard InChI is InChI=1S/C92H124N8O31S5/c1-12-17-74(110)128-43-61(81(113)58(47(5)13-2)36-67(105)65-19-14-15-26-100(65)10)57(46(3)4)37-69(130-51(9)102)88-96-64(45-132-88)87(119)94-54(33-52-21-23-55(103)24-22-52)32-48(6)86(118)98-99-91(123)127-28-30-134-133-29-25-72(107)93-41-49(7)85(117)95-62(38-73(108)109)66(104)34-53(89(120)121)44-136-135-31-27-126-90(122)97-63-39-75(129-50(8)79(63)111)131-70-40-92(124,71(106)42-101)84(116)60-35-59-78(83(115)77(60)70)82(114)76-56(80(59)112)18-16-20-68(76)125-11/h16,18,20-24,35,45-50,53-54,57-58,61-63,65,69-70,75,79,84,101,103,111,115-116,124H,12-15,17,19,25-34,36-44H2,1-11H3,(H,93,107)(H,94,119)(H,95,117)(H,97,122)(H,98,118)(H,99,123)(H,108,109)(H,120,121)/t47?,48-,49-,50?,53-,54+,57+,58-,61?,62-,63?,65+,69+,70-,75?,79?,84?,92-/m0/s1. The maximum absolute atomic E-state index is 15.2. The lowest BCUT2D eigenvalue weighted by Gasteiger charge is -2.44. The first-order chi connectivity index (χ1) is 64.5. The van der Waals surface area contributed by atoms with Gasteiger partial charge in [-0.05, 0) is 112 Å². The number of piperidine rings is 1. The number of phenolic OH excluding ortho intramolecular Hbond substituents is 2. The highest BCUT2D eigenvalue weighted by molar-refractivity contribution is 8.77. The van der Waals surface area contributed by atoms with E-state index in [1.165, 1.54) is 85.2 Å². The van der Waals surface area contributed by atoms with Gasteiger partial charge in [-0.1, -0.05) is 129 Å². The molecule has 18 atom stereocenters. The summed E-state index contributed by atoms with van der Waals surface area (Å²) in [5, 5.41) is 98.2. The number of carbonyl (C=O) groups is 16. The lowest BCUT2D eigenvalue weighted by atomic mass is 9.71. The van der Waals surface area contributed by atoms with E-state index in [1.807, 2.05) is 46.6 Å². The zero-order valence-electron chi connectivity index (χ0n) is 77.7. The minimum atomic E-state index is -2.78. The number of hydrazine groups is 1. The number of carboxylic acid groups (broad SMARTS) is 2. The number of rotatable bonds is 53. The van der Waals surface area contributed by atoms with Crippen LogP contribution >= 0.6 is 54.5 Å². The summed E-state index contributed by atoms with van der Waals surface area (Å²) in [6.07, 6.45) is -9.54. The Hall–Kier alpha value is -9.87. The number of amides is 6. The summed E-state index contributed by atoms with van der Waals surface area (Å²) >= 11 is 1.06. The molecule has 748 valence electrons. The van der Waals surface area contributed by atoms with Crippen LogP contribution in [0.25, 0.3) is 0 Å². The van der Waals surface area contributed by atoms with Crippen LogP contribution in [-0.2, 0) is 87.6 Å². The average molecular weight is 2000 g/mol. The summed E-state index contributed by atoms with van der Waals surface area (Å²) in [6.45, 7) is 13.8. The van der Waals surface area contributed by atoms with E-state index in [0.29, 0.717) is 24.8 Å². The van der Waals surface area contributed by atoms with E-state index in [2.05, 4.69) is 37.1 Å². The van der Waals surface area contributed by atoms with Gasteiger partial charge in [0.1, 0.15) is 72.4 Å². The van der Waals surface area contributed by atoms with Gasteiger partial charge in [0.15, 0.2) is 41.1 Å². The van der Waals surface area contributed by atoms with Crippen LogP contribution in [0.5, 0.6) is 17.2 Å². The fourth-order valence-electron chi connectivity index (χ4n) is 16.7. The molecule has 8 rings (SSSR count). The van der Waals surface area contributed by atoms with Crippen LogP contribution in [-0.4, -0.2) is 270 Å². The first kappa shape index (κ1) is 111. The summed E-state index contributed by atoms with van der Waals surface area (Å²) in [5.41, 5.74) is 0.596. The van der Waals surface area contributed by atoms with E-state index in [0.717, 1.165) is 58.4 Å². The Balaban J connectivity index is 0.734. The number of Topliss-reactive ketones (excluding diaryl/α,β-unsaturated/α-hetero) is 4. The number of ether oxygens (including phenoxy) is 7. The molecule has 2 fully saturated rings. The van der Waals surface area contributed by atoms with Crippen molar-refractivity contribution in [1.29, 1.82) is 0 Å². The Morgan fingerprint density at radius 2 is 1.46 bits per heavy atom. The molecule has 4 aliphatic rings. The second-order valence-electron chi connectivity index (χ2n) is 34.7. The van der Waals surface area contributed by atoms with E-state index >= 15 is 4.79 Å². The van der Waals surface area contributed by atoms with Gasteiger partial charge in [0.2, 0.25) is 23.5 Å². The number of phenols is 2. The molecule has 3 aromatic carbocycles. The average Bonchev–Trinajstić information content (AvgIpc) is 0.727. The van der Waals surface area contributed by atoms with Crippen LogP contribution in [0.2, 0.25) is 0 Å². The van der Waals surface area contributed by atoms with Gasteiger partial charge in [0.25, 0.3) is 5.91 Å². The third kappa shape index (κ3) is 31.1. The fraction of sp³-hybridized carbons (Fsp3) is 0.598. The van der Waals surface area contributed by atoms with Crippen LogP contribution in [0.15, 0.2) is 53.9 Å². The smallest absolute Gasteiger partial charge is 0.426 e. The number of likely N-dealkylation sites (tertiary alicyclic amines) is 1. The minimum absolute atomic E-state index is 0.00485. The number of thiazole rings is 1. The molecular weight excluding hydrogens is 1870 g/mol. The number of nitrogens with one attached hydrogen (secondary N) is 6. The summed E-state index contributed by atoms with van der Waals surface area (Å²) < 4.78 is 39.8. The first-order valence-corrected chi connectivity index (χ1v) is 50.9. The largest absolute Gasteiger partial charge is 0.508 e. The normalized spacial score (nSPS) is 20.8. The van der Waals surface area contributed by atoms with Gasteiger partial charge in [-0.15, -0.1) is 11.3 Å². The number of aromatic hydroxyl groups is 2. The molecule has 2 aliphatic carbocycles.